The number of carbonyl (C=O) groups is 1. The lowest BCUT2D eigenvalue weighted by molar-refractivity contribution is -0.274. The molecule has 0 aliphatic rings. The molecule has 1 unspecified atom stereocenters. The number of hydrogen-bond donors (Lipinski definition) is 2. The Bertz CT molecular complexity index is 731. The maximum absolute atomic E-state index is 12.4. The van der Waals surface area contributed by atoms with Gasteiger partial charge in [-0.25, -0.2) is 4.79 Å². The number of aromatic nitrogens is 2. The first-order valence-electron chi connectivity index (χ1n) is 7.41. The van der Waals surface area contributed by atoms with Gasteiger partial charge in [-0.3, -0.25) is 0 Å². The predicted molar refractivity (Wildman–Crippen MR) is 82.1 cm³/mol. The van der Waals surface area contributed by atoms with Crippen LogP contribution in [0.3, 0.4) is 0 Å². The van der Waals surface area contributed by atoms with E-state index in [1.807, 2.05) is 13.8 Å². The van der Waals surface area contributed by atoms with Gasteiger partial charge >= 0.3 is 12.4 Å². The van der Waals surface area contributed by atoms with Gasteiger partial charge in [0.05, 0.1) is 5.69 Å². The second-order valence-corrected chi connectivity index (χ2v) is 5.50. The van der Waals surface area contributed by atoms with E-state index in [9.17, 15) is 18.0 Å². The number of anilines is 1. The summed E-state index contributed by atoms with van der Waals surface area (Å²) >= 11 is 0. The molecule has 1 atom stereocenters. The molecule has 0 aliphatic carbocycles. The number of amides is 2. The summed E-state index contributed by atoms with van der Waals surface area (Å²) in [6.45, 7) is 5.36. The summed E-state index contributed by atoms with van der Waals surface area (Å²) in [6.07, 6.45) is -4.86. The van der Waals surface area contributed by atoms with Crippen molar-refractivity contribution in [3.05, 3.63) is 36.0 Å². The lowest BCUT2D eigenvalue weighted by Gasteiger charge is -2.15. The summed E-state index contributed by atoms with van der Waals surface area (Å²) in [7, 11) is 0. The van der Waals surface area contributed by atoms with Gasteiger partial charge in [0.25, 0.3) is 0 Å². The van der Waals surface area contributed by atoms with Crippen LogP contribution in [0.5, 0.6) is 5.75 Å². The van der Waals surface area contributed by atoms with Gasteiger partial charge in [0.2, 0.25) is 11.8 Å². The summed E-state index contributed by atoms with van der Waals surface area (Å²) in [5.74, 6) is 0.137. The molecule has 136 valence electrons. The van der Waals surface area contributed by atoms with Crippen LogP contribution >= 0.6 is 0 Å². The van der Waals surface area contributed by atoms with E-state index in [1.165, 1.54) is 18.2 Å². The predicted octanol–water partition coefficient (Wildman–Crippen LogP) is 3.97. The van der Waals surface area contributed by atoms with Crippen molar-refractivity contribution in [1.29, 1.82) is 0 Å². The van der Waals surface area contributed by atoms with Crippen molar-refractivity contribution in [2.45, 2.75) is 39.1 Å². The Labute approximate surface area is 141 Å². The Morgan fingerprint density at radius 1 is 1.16 bits per heavy atom. The fourth-order valence-electron chi connectivity index (χ4n) is 1.86. The van der Waals surface area contributed by atoms with Crippen molar-refractivity contribution >= 4 is 11.7 Å². The number of nitrogens with one attached hydrogen (secondary N) is 2. The van der Waals surface area contributed by atoms with Crippen LogP contribution in [0.1, 0.15) is 44.5 Å². The van der Waals surface area contributed by atoms with E-state index in [2.05, 4.69) is 25.6 Å². The molecule has 2 N–H and O–H groups in total. The Morgan fingerprint density at radius 3 is 2.40 bits per heavy atom. The van der Waals surface area contributed by atoms with Gasteiger partial charge in [-0.15, -0.1) is 23.4 Å². The van der Waals surface area contributed by atoms with Gasteiger partial charge in [0.15, 0.2) is 5.75 Å². The van der Waals surface area contributed by atoms with Crippen LogP contribution in [0.2, 0.25) is 0 Å². The molecule has 1 heterocycles. The number of nitrogens with zero attached hydrogens (tertiary/aromatic N) is 2. The van der Waals surface area contributed by atoms with E-state index < -0.39 is 24.2 Å². The Kier molecular flexibility index (Phi) is 5.50. The SMILES string of the molecule is CC(C)c1nnc(C(C)NC(=O)Nc2ccccc2OC(F)(F)F)o1. The average Bonchev–Trinajstić information content (AvgIpc) is 2.98. The Hall–Kier alpha value is -2.78. The van der Waals surface area contributed by atoms with E-state index >= 15 is 0 Å². The number of alkyl halides is 3. The molecule has 1 aromatic heterocycles. The van der Waals surface area contributed by atoms with Gasteiger partial charge in [0.1, 0.15) is 6.04 Å². The van der Waals surface area contributed by atoms with Gasteiger partial charge in [-0.1, -0.05) is 26.0 Å². The molecular weight excluding hydrogens is 341 g/mol. The van der Waals surface area contributed by atoms with Crippen molar-refractivity contribution in [3.8, 4) is 5.75 Å². The van der Waals surface area contributed by atoms with Gasteiger partial charge in [0, 0.05) is 5.92 Å². The summed E-state index contributed by atoms with van der Waals surface area (Å²) in [5, 5.41) is 12.5. The first-order valence-corrected chi connectivity index (χ1v) is 7.41. The minimum Gasteiger partial charge on any atom is -0.423 e. The van der Waals surface area contributed by atoms with Crippen molar-refractivity contribution in [2.75, 3.05) is 5.32 Å². The number of para-hydroxylation sites is 2. The number of carbonyl (C=O) groups excluding carboxylic acids is 1. The smallest absolute Gasteiger partial charge is 0.423 e. The third-order valence-corrected chi connectivity index (χ3v) is 3.03. The second-order valence-electron chi connectivity index (χ2n) is 5.50. The fourth-order valence-corrected chi connectivity index (χ4v) is 1.86. The Morgan fingerprint density at radius 2 is 1.80 bits per heavy atom. The zero-order valence-electron chi connectivity index (χ0n) is 13.7. The average molecular weight is 358 g/mol. The summed E-state index contributed by atoms with van der Waals surface area (Å²) in [4.78, 5) is 12.0. The molecule has 0 aliphatic heterocycles. The minimum atomic E-state index is -4.86. The van der Waals surface area contributed by atoms with Crippen LogP contribution in [0, 0.1) is 0 Å². The molecule has 0 saturated carbocycles. The number of benzene rings is 1. The number of rotatable bonds is 5. The van der Waals surface area contributed by atoms with E-state index in [0.717, 1.165) is 6.07 Å². The zero-order chi connectivity index (χ0) is 18.6. The quantitative estimate of drug-likeness (QED) is 0.844. The first kappa shape index (κ1) is 18.6. The summed E-state index contributed by atoms with van der Waals surface area (Å²) in [6, 6.07) is 3.84. The molecule has 25 heavy (non-hydrogen) atoms. The lowest BCUT2D eigenvalue weighted by Crippen LogP contribution is -2.31. The molecule has 2 aromatic rings. The maximum Gasteiger partial charge on any atom is 0.573 e. The van der Waals surface area contributed by atoms with E-state index in [-0.39, 0.29) is 17.5 Å². The summed E-state index contributed by atoms with van der Waals surface area (Å²) in [5.41, 5.74) is -0.127. The molecule has 0 fully saturated rings. The summed E-state index contributed by atoms with van der Waals surface area (Å²) < 4.78 is 46.4. The van der Waals surface area contributed by atoms with Crippen LogP contribution in [-0.4, -0.2) is 22.6 Å². The second kappa shape index (κ2) is 7.41. The Balaban J connectivity index is 2.02. The molecule has 0 radical (unpaired) electrons. The number of urea groups is 1. The topological polar surface area (TPSA) is 89.3 Å². The fraction of sp³-hybridized carbons (Fsp3) is 0.400. The van der Waals surface area contributed by atoms with Gasteiger partial charge in [-0.2, -0.15) is 0 Å². The molecule has 7 nitrogen and oxygen atoms in total. The lowest BCUT2D eigenvalue weighted by atomic mass is 10.2. The van der Waals surface area contributed by atoms with Gasteiger partial charge in [-0.05, 0) is 19.1 Å². The number of hydrogen-bond acceptors (Lipinski definition) is 5. The van der Waals surface area contributed by atoms with Crippen molar-refractivity contribution in [2.24, 2.45) is 0 Å². The van der Waals surface area contributed by atoms with Crippen LogP contribution in [0.4, 0.5) is 23.7 Å². The van der Waals surface area contributed by atoms with Crippen LogP contribution < -0.4 is 15.4 Å². The highest BCUT2D eigenvalue weighted by molar-refractivity contribution is 5.91. The number of ether oxygens (including phenoxy) is 1. The first-order chi connectivity index (χ1) is 11.7. The minimum absolute atomic E-state index is 0.0358. The highest BCUT2D eigenvalue weighted by Crippen LogP contribution is 2.30. The normalized spacial score (nSPS) is 12.8. The van der Waals surface area contributed by atoms with E-state index in [4.69, 9.17) is 4.42 Å². The van der Waals surface area contributed by atoms with Crippen LogP contribution in [-0.2, 0) is 0 Å². The molecule has 10 heteroatoms. The molecular formula is C15H17F3N4O3. The third kappa shape index (κ3) is 5.37. The molecule has 0 bridgehead atoms. The molecule has 0 saturated heterocycles. The number of halogens is 3. The maximum atomic E-state index is 12.4. The van der Waals surface area contributed by atoms with Gasteiger partial charge < -0.3 is 19.8 Å². The third-order valence-electron chi connectivity index (χ3n) is 3.03. The molecule has 2 amide bonds. The van der Waals surface area contributed by atoms with E-state index in [0.29, 0.717) is 5.89 Å². The van der Waals surface area contributed by atoms with E-state index in [1.54, 1.807) is 6.92 Å². The van der Waals surface area contributed by atoms with Crippen molar-refractivity contribution in [3.63, 3.8) is 0 Å². The van der Waals surface area contributed by atoms with Crippen molar-refractivity contribution < 1.29 is 27.1 Å². The molecule has 2 rings (SSSR count). The van der Waals surface area contributed by atoms with Crippen LogP contribution in [0.15, 0.2) is 28.7 Å². The highest BCUT2D eigenvalue weighted by Gasteiger charge is 2.32. The molecule has 1 aromatic carbocycles. The monoisotopic (exact) mass is 358 g/mol. The largest absolute Gasteiger partial charge is 0.573 e. The van der Waals surface area contributed by atoms with Crippen LogP contribution in [0.25, 0.3) is 0 Å². The highest BCUT2D eigenvalue weighted by atomic mass is 19.4. The zero-order valence-corrected chi connectivity index (χ0v) is 13.7. The standard InChI is InChI=1S/C15H17F3N4O3/c1-8(2)12-21-22-13(24-12)9(3)19-14(23)20-10-6-4-5-7-11(10)25-15(16,17)18/h4-9H,1-3H3,(H2,19,20,23). The van der Waals surface area contributed by atoms with Crippen molar-refractivity contribution in [1.82, 2.24) is 15.5 Å². The molecule has 0 spiro atoms.